The van der Waals surface area contributed by atoms with E-state index in [0.29, 0.717) is 0 Å². The van der Waals surface area contributed by atoms with Gasteiger partial charge in [-0.05, 0) is 6.92 Å². The maximum absolute atomic E-state index is 7.46. The minimum Gasteiger partial charge on any atom is -0.252 e. The highest BCUT2D eigenvalue weighted by Gasteiger charge is 1.54. The van der Waals surface area contributed by atoms with Gasteiger partial charge in [0.25, 0.3) is 0 Å². The summed E-state index contributed by atoms with van der Waals surface area (Å²) in [7, 11) is 0. The van der Waals surface area contributed by atoms with Crippen LogP contribution in [0.2, 0.25) is 0 Å². The van der Waals surface area contributed by atoms with E-state index in [-0.39, 0.29) is 0 Å². The third-order valence-electron chi connectivity index (χ3n) is 0.105. The lowest BCUT2D eigenvalue weighted by atomic mass is 10.9. The van der Waals surface area contributed by atoms with Crippen LogP contribution in [0.3, 0.4) is 0 Å². The fourth-order valence-electron chi connectivity index (χ4n) is 0. The van der Waals surface area contributed by atoms with Crippen LogP contribution < -0.4 is 0 Å². The van der Waals surface area contributed by atoms with Gasteiger partial charge in [-0.15, -0.1) is 0 Å². The van der Waals surface area contributed by atoms with Crippen molar-refractivity contribution in [2.45, 2.75) is 6.92 Å². The van der Waals surface area contributed by atoms with Crippen LogP contribution in [-0.2, 0) is 4.89 Å². The molecule has 0 radical (unpaired) electrons. The second-order valence-corrected chi connectivity index (χ2v) is 0.341. The third-order valence-corrected chi connectivity index (χ3v) is 0.105. The summed E-state index contributed by atoms with van der Waals surface area (Å²) in [5.74, 6) is 0. The summed E-state index contributed by atoms with van der Waals surface area (Å²) in [6.07, 6.45) is 0. The van der Waals surface area contributed by atoms with E-state index in [0.717, 1.165) is 0 Å². The standard InChI is InChI=1S/C2H6O2/c1-2-4-3/h3H,2H2,1H3/i2T. The van der Waals surface area contributed by atoms with Crippen molar-refractivity contribution < 1.29 is 11.5 Å². The Morgan fingerprint density at radius 1 is 2.50 bits per heavy atom. The van der Waals surface area contributed by atoms with Gasteiger partial charge in [0, 0.05) is 0 Å². The first kappa shape index (κ1) is 2.18. The average Bonchev–Trinajstić information content (AvgIpc) is 1.38. The van der Waals surface area contributed by atoms with Gasteiger partial charge >= 0.3 is 0 Å². The molecule has 0 aliphatic carbocycles. The summed E-state index contributed by atoms with van der Waals surface area (Å²) < 4.78 is 6.35. The van der Waals surface area contributed by atoms with E-state index in [1.807, 2.05) is 0 Å². The molecule has 1 unspecified atom stereocenters. The summed E-state index contributed by atoms with van der Waals surface area (Å²) in [6, 6.07) is 0. The van der Waals surface area contributed by atoms with E-state index in [9.17, 15) is 0 Å². The van der Waals surface area contributed by atoms with E-state index in [4.69, 9.17) is 6.63 Å². The SMILES string of the molecule is [3H]C(C)OO. The van der Waals surface area contributed by atoms with Crippen molar-refractivity contribution in [2.24, 2.45) is 0 Å². The third kappa shape index (κ3) is 1.92. The Morgan fingerprint density at radius 3 is 2.75 bits per heavy atom. The maximum atomic E-state index is 7.46. The summed E-state index contributed by atoms with van der Waals surface area (Å²) in [5.41, 5.74) is 0. The Labute approximate surface area is 26.3 Å². The Morgan fingerprint density at radius 2 is 2.75 bits per heavy atom. The second-order valence-electron chi connectivity index (χ2n) is 0.341. The van der Waals surface area contributed by atoms with Crippen molar-refractivity contribution in [3.63, 3.8) is 0 Å². The molecule has 0 saturated heterocycles. The van der Waals surface area contributed by atoms with Gasteiger partial charge in [-0.25, -0.2) is 4.89 Å². The molecule has 1 N–H and O–H groups in total. The molecule has 2 nitrogen and oxygen atoms in total. The molecule has 1 atom stereocenters. The number of hydrogen-bond acceptors (Lipinski definition) is 2. The molecule has 0 heterocycles. The predicted molar refractivity (Wildman–Crippen MR) is 14.3 cm³/mol. The van der Waals surface area contributed by atoms with Crippen molar-refractivity contribution in [1.29, 1.82) is 0 Å². The molecule has 0 fully saturated rings. The van der Waals surface area contributed by atoms with Crippen molar-refractivity contribution >= 4 is 0 Å². The summed E-state index contributed by atoms with van der Waals surface area (Å²) in [4.78, 5) is 3.42. The van der Waals surface area contributed by atoms with E-state index in [1.165, 1.54) is 6.92 Å². The summed E-state index contributed by atoms with van der Waals surface area (Å²) >= 11 is 0. The molecule has 0 aromatic heterocycles. The van der Waals surface area contributed by atoms with Crippen LogP contribution in [0.1, 0.15) is 8.29 Å². The van der Waals surface area contributed by atoms with Gasteiger partial charge in [0.1, 0.15) is 0 Å². The van der Waals surface area contributed by atoms with E-state index >= 15 is 0 Å². The van der Waals surface area contributed by atoms with Crippen molar-refractivity contribution in [3.05, 3.63) is 0 Å². The molecule has 0 rings (SSSR count). The van der Waals surface area contributed by atoms with Gasteiger partial charge in [-0.1, -0.05) is 0 Å². The Hall–Kier alpha value is -0.0800. The van der Waals surface area contributed by atoms with Crippen molar-refractivity contribution in [3.8, 4) is 0 Å². The highest BCUT2D eigenvalue weighted by Crippen LogP contribution is 1.51. The Bertz CT molecular complexity index is 21.6. The molecule has 0 aromatic carbocycles. The monoisotopic (exact) mass is 64.0 g/mol. The van der Waals surface area contributed by atoms with Crippen LogP contribution >= 0.6 is 0 Å². The van der Waals surface area contributed by atoms with Crippen LogP contribution in [0.15, 0.2) is 0 Å². The normalized spacial score (nSPS) is 19.0. The predicted octanol–water partition coefficient (Wildman–Crippen LogP) is 0.496. The molecular formula is C2H6O2. The van der Waals surface area contributed by atoms with Crippen molar-refractivity contribution in [1.82, 2.24) is 0 Å². The van der Waals surface area contributed by atoms with Crippen molar-refractivity contribution in [2.75, 3.05) is 6.58 Å². The molecule has 26 valence electrons. The molecule has 0 amide bonds. The molecular weight excluding hydrogens is 56.0 g/mol. The van der Waals surface area contributed by atoms with Gasteiger partial charge in [-0.2, -0.15) is 0 Å². The van der Waals surface area contributed by atoms with E-state index < -0.39 is 6.58 Å². The van der Waals surface area contributed by atoms with Gasteiger partial charge < -0.3 is 0 Å². The minimum absolute atomic E-state index is 0.810. The van der Waals surface area contributed by atoms with Crippen LogP contribution in [-0.4, -0.2) is 11.8 Å². The first-order chi connectivity index (χ1) is 2.27. The van der Waals surface area contributed by atoms with Crippen LogP contribution in [0.4, 0.5) is 0 Å². The zero-order valence-electron chi connectivity index (χ0n) is 3.43. The van der Waals surface area contributed by atoms with Crippen LogP contribution in [0.25, 0.3) is 0 Å². The summed E-state index contributed by atoms with van der Waals surface area (Å²) in [5, 5.41) is 7.46. The van der Waals surface area contributed by atoms with E-state index in [2.05, 4.69) is 4.89 Å². The lowest BCUT2D eigenvalue weighted by Crippen LogP contribution is -1.74. The molecule has 0 aliphatic heterocycles. The molecule has 0 spiro atoms. The fraction of sp³-hybridized carbons (Fsp3) is 1.00. The zero-order valence-corrected chi connectivity index (χ0v) is 2.43. The Kier molecular flexibility index (Phi) is 1.59. The first-order valence-electron chi connectivity index (χ1n) is 1.57. The quantitative estimate of drug-likeness (QED) is 0.355. The van der Waals surface area contributed by atoms with Gasteiger partial charge in [0.05, 0.1) is 7.95 Å². The highest BCUT2D eigenvalue weighted by atomic mass is 17.1. The lowest BCUT2D eigenvalue weighted by molar-refractivity contribution is -0.237. The molecule has 0 aromatic rings. The first-order valence-corrected chi connectivity index (χ1v) is 0.996. The summed E-state index contributed by atoms with van der Waals surface area (Å²) in [6.45, 7) is 0.606. The average molecular weight is 64.1 g/mol. The Balaban J connectivity index is 2.54. The molecule has 0 saturated carbocycles. The molecule has 0 aliphatic rings. The lowest BCUT2D eigenvalue weighted by Gasteiger charge is -1.73. The highest BCUT2D eigenvalue weighted by molar-refractivity contribution is 3.88. The van der Waals surface area contributed by atoms with Gasteiger partial charge in [0.2, 0.25) is 0 Å². The largest absolute Gasteiger partial charge is 0.252 e. The van der Waals surface area contributed by atoms with Gasteiger partial charge in [0.15, 0.2) is 0 Å². The van der Waals surface area contributed by atoms with Gasteiger partial charge in [-0.3, -0.25) is 5.26 Å². The number of rotatable bonds is 1. The van der Waals surface area contributed by atoms with Crippen LogP contribution in [0, 0.1) is 0 Å². The number of hydrogen-bond donors (Lipinski definition) is 1. The minimum atomic E-state index is -0.810. The molecule has 0 bridgehead atoms. The van der Waals surface area contributed by atoms with Crippen LogP contribution in [0.5, 0.6) is 0 Å². The maximum Gasteiger partial charge on any atom is 0.0791 e. The topological polar surface area (TPSA) is 29.5 Å². The molecule has 2 heteroatoms. The second kappa shape index (κ2) is 2.92. The smallest absolute Gasteiger partial charge is 0.0791 e. The van der Waals surface area contributed by atoms with E-state index in [1.54, 1.807) is 0 Å². The molecule has 4 heavy (non-hydrogen) atoms. The zero-order chi connectivity index (χ0) is 4.28. The fourth-order valence-corrected chi connectivity index (χ4v) is 0.